The Hall–Kier alpha value is -1.59. The Kier molecular flexibility index (Phi) is 4.48. The van der Waals surface area contributed by atoms with Gasteiger partial charge in [-0.05, 0) is 18.2 Å². The third-order valence-electron chi connectivity index (χ3n) is 2.22. The van der Waals surface area contributed by atoms with Crippen molar-refractivity contribution in [3.8, 4) is 0 Å². The highest BCUT2D eigenvalue weighted by Gasteiger charge is 2.20. The molecule has 6 heteroatoms. The number of methoxy groups -OCH3 is 1. The number of halogens is 1. The fourth-order valence-electron chi connectivity index (χ4n) is 1.33. The van der Waals surface area contributed by atoms with E-state index in [0.29, 0.717) is 10.6 Å². The number of esters is 1. The molecule has 1 aromatic rings. The standard InChI is InChI=1S/C11H13ClN2O3/c1-17-11(16)9(14)5-10(15)7-3-2-6(12)4-8(7)13/h2-4,9H,5,13-14H2,1H3. The van der Waals surface area contributed by atoms with Crippen molar-refractivity contribution < 1.29 is 14.3 Å². The number of nitrogen functional groups attached to an aromatic ring is 1. The number of rotatable bonds is 4. The van der Waals surface area contributed by atoms with Gasteiger partial charge >= 0.3 is 5.97 Å². The number of ether oxygens (including phenoxy) is 1. The van der Waals surface area contributed by atoms with E-state index in [1.54, 1.807) is 6.07 Å². The first-order valence-corrected chi connectivity index (χ1v) is 5.25. The summed E-state index contributed by atoms with van der Waals surface area (Å²) in [6, 6.07) is 3.54. The second kappa shape index (κ2) is 5.65. The number of anilines is 1. The maximum Gasteiger partial charge on any atom is 0.323 e. The van der Waals surface area contributed by atoms with E-state index in [1.807, 2.05) is 0 Å². The number of carbonyl (C=O) groups excluding carboxylic acids is 2. The number of hydrogen-bond donors (Lipinski definition) is 2. The van der Waals surface area contributed by atoms with Crippen LogP contribution in [0.5, 0.6) is 0 Å². The average molecular weight is 257 g/mol. The minimum Gasteiger partial charge on any atom is -0.468 e. The monoisotopic (exact) mass is 256 g/mol. The van der Waals surface area contributed by atoms with Crippen LogP contribution in [0.2, 0.25) is 5.02 Å². The molecule has 0 aliphatic rings. The fraction of sp³-hybridized carbons (Fsp3) is 0.273. The third kappa shape index (κ3) is 3.44. The zero-order chi connectivity index (χ0) is 13.0. The van der Waals surface area contributed by atoms with Gasteiger partial charge in [-0.2, -0.15) is 0 Å². The highest BCUT2D eigenvalue weighted by atomic mass is 35.5. The Balaban J connectivity index is 2.80. The highest BCUT2D eigenvalue weighted by molar-refractivity contribution is 6.31. The van der Waals surface area contributed by atoms with Crippen molar-refractivity contribution >= 4 is 29.0 Å². The van der Waals surface area contributed by atoms with E-state index in [0.717, 1.165) is 0 Å². The predicted octanol–water partition coefficient (Wildman–Crippen LogP) is 0.995. The first-order valence-electron chi connectivity index (χ1n) is 4.87. The van der Waals surface area contributed by atoms with Gasteiger partial charge in [-0.25, -0.2) is 0 Å². The molecule has 0 saturated heterocycles. The van der Waals surface area contributed by atoms with Crippen LogP contribution in [0.4, 0.5) is 5.69 Å². The predicted molar refractivity (Wildman–Crippen MR) is 64.8 cm³/mol. The summed E-state index contributed by atoms with van der Waals surface area (Å²) < 4.78 is 4.43. The summed E-state index contributed by atoms with van der Waals surface area (Å²) in [4.78, 5) is 22.9. The number of Topliss-reactive ketones (excluding diaryl/α,β-unsaturated/α-hetero) is 1. The van der Waals surface area contributed by atoms with Crippen LogP contribution >= 0.6 is 11.6 Å². The Morgan fingerprint density at radius 2 is 2.12 bits per heavy atom. The summed E-state index contributed by atoms with van der Waals surface area (Å²) in [7, 11) is 1.21. The van der Waals surface area contributed by atoms with Gasteiger partial charge < -0.3 is 16.2 Å². The quantitative estimate of drug-likeness (QED) is 0.476. The van der Waals surface area contributed by atoms with E-state index >= 15 is 0 Å². The molecular weight excluding hydrogens is 244 g/mol. The SMILES string of the molecule is COC(=O)C(N)CC(=O)c1ccc(Cl)cc1N. The van der Waals surface area contributed by atoms with E-state index in [2.05, 4.69) is 4.74 Å². The lowest BCUT2D eigenvalue weighted by Gasteiger charge is -2.09. The molecule has 0 radical (unpaired) electrons. The molecule has 0 heterocycles. The van der Waals surface area contributed by atoms with Crippen molar-refractivity contribution in [1.82, 2.24) is 0 Å². The summed E-state index contributed by atoms with van der Waals surface area (Å²) in [6.07, 6.45) is -0.154. The van der Waals surface area contributed by atoms with Crippen LogP contribution in [0.1, 0.15) is 16.8 Å². The second-order valence-electron chi connectivity index (χ2n) is 3.49. The normalized spacial score (nSPS) is 11.9. The van der Waals surface area contributed by atoms with Crippen molar-refractivity contribution in [3.63, 3.8) is 0 Å². The van der Waals surface area contributed by atoms with E-state index in [1.165, 1.54) is 19.2 Å². The lowest BCUT2D eigenvalue weighted by molar-refractivity contribution is -0.142. The number of nitrogens with two attached hydrogens (primary N) is 2. The van der Waals surface area contributed by atoms with Crippen molar-refractivity contribution in [3.05, 3.63) is 28.8 Å². The largest absolute Gasteiger partial charge is 0.468 e. The molecule has 0 aliphatic carbocycles. The number of carbonyl (C=O) groups is 2. The molecule has 0 bridgehead atoms. The van der Waals surface area contributed by atoms with E-state index < -0.39 is 12.0 Å². The summed E-state index contributed by atoms with van der Waals surface area (Å²) >= 11 is 5.71. The van der Waals surface area contributed by atoms with Crippen LogP contribution in [0.3, 0.4) is 0 Å². The maximum atomic E-state index is 11.8. The van der Waals surface area contributed by atoms with E-state index in [4.69, 9.17) is 23.1 Å². The average Bonchev–Trinajstić information content (AvgIpc) is 2.27. The molecule has 0 saturated carbocycles. The van der Waals surface area contributed by atoms with E-state index in [-0.39, 0.29) is 17.9 Å². The summed E-state index contributed by atoms with van der Waals surface area (Å²) in [6.45, 7) is 0. The Morgan fingerprint density at radius 3 is 2.65 bits per heavy atom. The van der Waals surface area contributed by atoms with Crippen LogP contribution in [0.25, 0.3) is 0 Å². The van der Waals surface area contributed by atoms with Crippen molar-refractivity contribution in [2.45, 2.75) is 12.5 Å². The molecule has 0 aromatic heterocycles. The van der Waals surface area contributed by atoms with Crippen LogP contribution in [-0.4, -0.2) is 24.9 Å². The molecule has 0 amide bonds. The van der Waals surface area contributed by atoms with Gasteiger partial charge in [0.25, 0.3) is 0 Å². The van der Waals surface area contributed by atoms with Gasteiger partial charge in [-0.1, -0.05) is 11.6 Å². The smallest absolute Gasteiger partial charge is 0.323 e. The van der Waals surface area contributed by atoms with Gasteiger partial charge in [0.1, 0.15) is 6.04 Å². The van der Waals surface area contributed by atoms with Crippen LogP contribution in [0, 0.1) is 0 Å². The molecular formula is C11H13ClN2O3. The Bertz CT molecular complexity index is 448. The minimum absolute atomic E-state index is 0.154. The lowest BCUT2D eigenvalue weighted by Crippen LogP contribution is -2.34. The number of hydrogen-bond acceptors (Lipinski definition) is 5. The fourth-order valence-corrected chi connectivity index (χ4v) is 1.51. The molecule has 4 N–H and O–H groups in total. The molecule has 0 fully saturated rings. The zero-order valence-electron chi connectivity index (χ0n) is 9.27. The van der Waals surface area contributed by atoms with Gasteiger partial charge in [0.2, 0.25) is 0 Å². The molecule has 5 nitrogen and oxygen atoms in total. The Morgan fingerprint density at radius 1 is 1.47 bits per heavy atom. The van der Waals surface area contributed by atoms with Crippen LogP contribution < -0.4 is 11.5 Å². The van der Waals surface area contributed by atoms with E-state index in [9.17, 15) is 9.59 Å². The van der Waals surface area contributed by atoms with Gasteiger partial charge in [0.05, 0.1) is 7.11 Å². The molecule has 92 valence electrons. The highest BCUT2D eigenvalue weighted by Crippen LogP contribution is 2.19. The molecule has 1 aromatic carbocycles. The third-order valence-corrected chi connectivity index (χ3v) is 2.46. The first kappa shape index (κ1) is 13.5. The van der Waals surface area contributed by atoms with Crippen molar-refractivity contribution in [2.75, 3.05) is 12.8 Å². The maximum absolute atomic E-state index is 11.8. The Labute approximate surface area is 104 Å². The van der Waals surface area contributed by atoms with Crippen molar-refractivity contribution in [2.24, 2.45) is 5.73 Å². The molecule has 1 unspecified atom stereocenters. The first-order chi connectivity index (χ1) is 7.95. The minimum atomic E-state index is -0.984. The van der Waals surface area contributed by atoms with Gasteiger partial charge in [-0.3, -0.25) is 9.59 Å². The second-order valence-corrected chi connectivity index (χ2v) is 3.92. The molecule has 1 atom stereocenters. The molecule has 1 rings (SSSR count). The van der Waals surface area contributed by atoms with Gasteiger partial charge in [-0.15, -0.1) is 0 Å². The van der Waals surface area contributed by atoms with Crippen LogP contribution in [-0.2, 0) is 9.53 Å². The summed E-state index contributed by atoms with van der Waals surface area (Å²) in [5.74, 6) is -0.956. The zero-order valence-corrected chi connectivity index (χ0v) is 10.0. The summed E-state index contributed by atoms with van der Waals surface area (Å²) in [5, 5.41) is 0.441. The molecule has 17 heavy (non-hydrogen) atoms. The van der Waals surface area contributed by atoms with Crippen LogP contribution in [0.15, 0.2) is 18.2 Å². The topological polar surface area (TPSA) is 95.4 Å². The van der Waals surface area contributed by atoms with Crippen molar-refractivity contribution in [1.29, 1.82) is 0 Å². The number of ketones is 1. The summed E-state index contributed by atoms with van der Waals surface area (Å²) in [5.41, 5.74) is 11.7. The number of benzene rings is 1. The van der Waals surface area contributed by atoms with Gasteiger partial charge in [0, 0.05) is 22.7 Å². The van der Waals surface area contributed by atoms with Gasteiger partial charge in [0.15, 0.2) is 5.78 Å². The molecule has 0 spiro atoms. The lowest BCUT2D eigenvalue weighted by atomic mass is 10.0. The molecule has 0 aliphatic heterocycles.